The van der Waals surface area contributed by atoms with E-state index in [4.69, 9.17) is 4.74 Å². The zero-order valence-corrected chi connectivity index (χ0v) is 18.0. The highest BCUT2D eigenvalue weighted by Gasteiger charge is 2.24. The topological polar surface area (TPSA) is 73.2 Å². The molecule has 0 atom stereocenters. The Bertz CT molecular complexity index is 1220. The Balaban J connectivity index is 1.63. The molecule has 2 aromatic carbocycles. The van der Waals surface area contributed by atoms with Gasteiger partial charge in [-0.1, -0.05) is 48.5 Å². The lowest BCUT2D eigenvalue weighted by atomic mass is 10.2. The molecule has 0 saturated heterocycles. The first-order valence-corrected chi connectivity index (χ1v) is 11.7. The molecular weight excluding hydrogens is 418 g/mol. The smallest absolute Gasteiger partial charge is 0.244 e. The number of nitrogens with zero attached hydrogens (tertiary/aromatic N) is 2. The van der Waals surface area contributed by atoms with Crippen LogP contribution in [0.25, 0.3) is 10.6 Å². The Morgan fingerprint density at radius 2 is 1.83 bits per heavy atom. The number of nitrogens with one attached hydrogen (secondary N) is 1. The van der Waals surface area contributed by atoms with Crippen molar-refractivity contribution in [3.05, 3.63) is 89.4 Å². The van der Waals surface area contributed by atoms with Crippen molar-refractivity contribution in [2.75, 3.05) is 7.11 Å². The summed E-state index contributed by atoms with van der Waals surface area (Å²) in [6.45, 7) is 0.651. The molecule has 0 bridgehead atoms. The number of aromatic nitrogens is 2. The molecule has 0 amide bonds. The fraction of sp³-hybridized carbons (Fsp3) is 0.136. The third kappa shape index (κ3) is 4.62. The Hall–Kier alpha value is -2.94. The van der Waals surface area contributed by atoms with Crippen molar-refractivity contribution >= 4 is 21.4 Å². The first-order chi connectivity index (χ1) is 14.5. The van der Waals surface area contributed by atoms with E-state index in [9.17, 15) is 8.42 Å². The van der Waals surface area contributed by atoms with Gasteiger partial charge in [-0.2, -0.15) is 5.10 Å². The van der Waals surface area contributed by atoms with Crippen LogP contribution in [-0.4, -0.2) is 25.3 Å². The molecule has 154 valence electrons. The highest BCUT2D eigenvalue weighted by molar-refractivity contribution is 7.89. The Morgan fingerprint density at radius 3 is 2.57 bits per heavy atom. The van der Waals surface area contributed by atoms with Crippen molar-refractivity contribution < 1.29 is 13.2 Å². The molecule has 2 aromatic heterocycles. The van der Waals surface area contributed by atoms with Gasteiger partial charge in [0.25, 0.3) is 0 Å². The van der Waals surface area contributed by atoms with Gasteiger partial charge in [0.15, 0.2) is 0 Å². The van der Waals surface area contributed by atoms with Crippen molar-refractivity contribution in [2.24, 2.45) is 0 Å². The maximum atomic E-state index is 13.2. The maximum Gasteiger partial charge on any atom is 0.244 e. The minimum absolute atomic E-state index is 0.160. The molecule has 0 spiro atoms. The van der Waals surface area contributed by atoms with Crippen molar-refractivity contribution in [1.82, 2.24) is 14.5 Å². The summed E-state index contributed by atoms with van der Waals surface area (Å²) < 4.78 is 35.9. The molecule has 0 radical (unpaired) electrons. The minimum Gasteiger partial charge on any atom is -0.497 e. The van der Waals surface area contributed by atoms with Crippen LogP contribution < -0.4 is 9.46 Å². The van der Waals surface area contributed by atoms with Gasteiger partial charge in [-0.25, -0.2) is 13.1 Å². The molecule has 2 heterocycles. The monoisotopic (exact) mass is 439 g/mol. The number of rotatable bonds is 8. The van der Waals surface area contributed by atoms with E-state index in [1.165, 1.54) is 11.3 Å². The van der Waals surface area contributed by atoms with Crippen molar-refractivity contribution in [3.63, 3.8) is 0 Å². The summed E-state index contributed by atoms with van der Waals surface area (Å²) in [4.78, 5) is 0.979. The van der Waals surface area contributed by atoms with E-state index in [0.717, 1.165) is 16.0 Å². The average Bonchev–Trinajstić information content (AvgIpc) is 3.43. The van der Waals surface area contributed by atoms with E-state index in [-0.39, 0.29) is 11.4 Å². The number of thiophene rings is 1. The van der Waals surface area contributed by atoms with E-state index < -0.39 is 10.0 Å². The Labute approximate surface area is 179 Å². The molecule has 8 heteroatoms. The van der Waals surface area contributed by atoms with Gasteiger partial charge in [0.2, 0.25) is 10.0 Å². The number of sulfonamides is 1. The van der Waals surface area contributed by atoms with Crippen molar-refractivity contribution in [1.29, 1.82) is 0 Å². The SMILES string of the molecule is COc1cccc(CNS(=O)(=O)c2cn(Cc3ccccc3)nc2-c2cccs2)c1. The lowest BCUT2D eigenvalue weighted by molar-refractivity contribution is 0.414. The molecule has 4 rings (SSSR count). The van der Waals surface area contributed by atoms with E-state index >= 15 is 0 Å². The quantitative estimate of drug-likeness (QED) is 0.448. The van der Waals surface area contributed by atoms with Crippen molar-refractivity contribution in [3.8, 4) is 16.3 Å². The van der Waals surface area contributed by atoms with Gasteiger partial charge in [-0.15, -0.1) is 11.3 Å². The zero-order valence-electron chi connectivity index (χ0n) is 16.4. The van der Waals surface area contributed by atoms with Crippen LogP contribution in [0.1, 0.15) is 11.1 Å². The predicted molar refractivity (Wildman–Crippen MR) is 118 cm³/mol. The number of hydrogen-bond donors (Lipinski definition) is 1. The van der Waals surface area contributed by atoms with Crippen LogP contribution in [0.15, 0.2) is 83.2 Å². The van der Waals surface area contributed by atoms with E-state index in [2.05, 4.69) is 9.82 Å². The molecule has 0 unspecified atom stereocenters. The third-order valence-corrected chi connectivity index (χ3v) is 6.84. The largest absolute Gasteiger partial charge is 0.497 e. The van der Waals surface area contributed by atoms with E-state index in [1.807, 2.05) is 72.1 Å². The van der Waals surface area contributed by atoms with Gasteiger partial charge in [-0.05, 0) is 34.7 Å². The molecular formula is C22H21N3O3S2. The molecule has 1 N–H and O–H groups in total. The molecule has 6 nitrogen and oxygen atoms in total. The summed E-state index contributed by atoms with van der Waals surface area (Å²) in [6, 6.07) is 20.9. The highest BCUT2D eigenvalue weighted by Crippen LogP contribution is 2.30. The standard InChI is InChI=1S/C22H21N3O3S2/c1-28-19-10-5-9-18(13-19)14-23-30(26,27)21-16-25(15-17-7-3-2-4-8-17)24-22(21)20-11-6-12-29-20/h2-13,16,23H,14-15H2,1H3. The Morgan fingerprint density at radius 1 is 1.03 bits per heavy atom. The zero-order chi connectivity index (χ0) is 21.0. The van der Waals surface area contributed by atoms with Gasteiger partial charge in [0.1, 0.15) is 16.3 Å². The van der Waals surface area contributed by atoms with Gasteiger partial charge < -0.3 is 4.74 Å². The second kappa shape index (κ2) is 8.83. The lowest BCUT2D eigenvalue weighted by Gasteiger charge is -2.07. The van der Waals surface area contributed by atoms with Crippen LogP contribution in [0.2, 0.25) is 0 Å². The fourth-order valence-electron chi connectivity index (χ4n) is 3.07. The van der Waals surface area contributed by atoms with E-state index in [0.29, 0.717) is 18.0 Å². The summed E-state index contributed by atoms with van der Waals surface area (Å²) in [7, 11) is -2.19. The number of benzene rings is 2. The predicted octanol–water partition coefficient (Wildman–Crippen LogP) is 4.15. The summed E-state index contributed by atoms with van der Waals surface area (Å²) in [5.74, 6) is 0.682. The fourth-order valence-corrected chi connectivity index (χ4v) is 5.04. The molecule has 0 aliphatic rings. The number of ether oxygens (including phenoxy) is 1. The Kier molecular flexibility index (Phi) is 5.98. The van der Waals surface area contributed by atoms with Crippen LogP contribution in [0.5, 0.6) is 5.75 Å². The summed E-state index contributed by atoms with van der Waals surface area (Å²) in [5, 5.41) is 6.49. The van der Waals surface area contributed by atoms with Gasteiger partial charge in [0, 0.05) is 12.7 Å². The molecule has 0 aliphatic heterocycles. The number of hydrogen-bond acceptors (Lipinski definition) is 5. The molecule has 30 heavy (non-hydrogen) atoms. The van der Waals surface area contributed by atoms with Crippen LogP contribution in [0.4, 0.5) is 0 Å². The molecule has 0 aliphatic carbocycles. The lowest BCUT2D eigenvalue weighted by Crippen LogP contribution is -2.23. The van der Waals surface area contributed by atoms with Gasteiger partial charge in [0.05, 0.1) is 18.5 Å². The normalized spacial score (nSPS) is 11.5. The second-order valence-electron chi connectivity index (χ2n) is 6.68. The minimum atomic E-state index is -3.77. The van der Waals surface area contributed by atoms with Crippen LogP contribution in [0.3, 0.4) is 0 Å². The van der Waals surface area contributed by atoms with Crippen molar-refractivity contribution in [2.45, 2.75) is 18.0 Å². The highest BCUT2D eigenvalue weighted by atomic mass is 32.2. The molecule has 4 aromatic rings. The summed E-state index contributed by atoms with van der Waals surface area (Å²) >= 11 is 1.46. The third-order valence-electron chi connectivity index (χ3n) is 4.56. The molecule has 0 saturated carbocycles. The van der Waals surface area contributed by atoms with Gasteiger partial charge in [-0.3, -0.25) is 4.68 Å². The summed E-state index contributed by atoms with van der Waals surface area (Å²) in [6.07, 6.45) is 1.59. The first kappa shape index (κ1) is 20.3. The number of methoxy groups -OCH3 is 1. The van der Waals surface area contributed by atoms with Gasteiger partial charge >= 0.3 is 0 Å². The van der Waals surface area contributed by atoms with Crippen LogP contribution >= 0.6 is 11.3 Å². The first-order valence-electron chi connectivity index (χ1n) is 9.33. The summed E-state index contributed by atoms with van der Waals surface area (Å²) in [5.41, 5.74) is 2.32. The van der Waals surface area contributed by atoms with E-state index in [1.54, 1.807) is 18.0 Å². The maximum absolute atomic E-state index is 13.2. The molecule has 0 fully saturated rings. The van der Waals surface area contributed by atoms with Crippen LogP contribution in [0, 0.1) is 0 Å². The second-order valence-corrected chi connectivity index (χ2v) is 9.36. The average molecular weight is 440 g/mol. The van der Waals surface area contributed by atoms with Crippen LogP contribution in [-0.2, 0) is 23.1 Å².